The summed E-state index contributed by atoms with van der Waals surface area (Å²) in [6.07, 6.45) is -0.514. The summed E-state index contributed by atoms with van der Waals surface area (Å²) < 4.78 is 39.0. The number of aliphatic carboxylic acids is 1. The van der Waals surface area contributed by atoms with E-state index in [2.05, 4.69) is 16.4 Å². The summed E-state index contributed by atoms with van der Waals surface area (Å²) in [7, 11) is 0. The molecule has 3 rings (SSSR count). The van der Waals surface area contributed by atoms with Crippen molar-refractivity contribution in [3.8, 4) is 0 Å². The van der Waals surface area contributed by atoms with Crippen molar-refractivity contribution in [3.63, 3.8) is 0 Å². The highest BCUT2D eigenvalue weighted by Gasteiger charge is 2.31. The van der Waals surface area contributed by atoms with Crippen molar-refractivity contribution in [2.75, 3.05) is 11.9 Å². The number of carbonyl (C=O) groups excluding carboxylic acids is 1. The van der Waals surface area contributed by atoms with Gasteiger partial charge in [0.05, 0.1) is 12.0 Å². The second kappa shape index (κ2) is 10.6. The first-order valence-electron chi connectivity index (χ1n) is 10.9. The number of halogens is 3. The Bertz CT molecular complexity index is 960. The minimum absolute atomic E-state index is 0.0887. The van der Waals surface area contributed by atoms with Crippen molar-refractivity contribution in [1.29, 1.82) is 0 Å². The number of rotatable bonds is 10. The number of ketones is 1. The van der Waals surface area contributed by atoms with Gasteiger partial charge in [0, 0.05) is 31.0 Å². The van der Waals surface area contributed by atoms with E-state index in [1.165, 1.54) is 17.7 Å². The van der Waals surface area contributed by atoms with Gasteiger partial charge in [0.1, 0.15) is 11.6 Å². The highest BCUT2D eigenvalue weighted by atomic mass is 19.4. The van der Waals surface area contributed by atoms with Gasteiger partial charge >= 0.3 is 12.1 Å². The maximum absolute atomic E-state index is 13.0. The summed E-state index contributed by atoms with van der Waals surface area (Å²) in [6, 6.07) is 8.67. The van der Waals surface area contributed by atoms with Gasteiger partial charge in [-0.25, -0.2) is 4.98 Å². The third kappa shape index (κ3) is 6.80. The molecule has 0 radical (unpaired) electrons. The lowest BCUT2D eigenvalue weighted by Gasteiger charge is -2.17. The molecule has 0 aliphatic carbocycles. The third-order valence-corrected chi connectivity index (χ3v) is 5.67. The molecule has 172 valence electrons. The average molecular weight is 448 g/mol. The molecule has 0 amide bonds. The van der Waals surface area contributed by atoms with Crippen molar-refractivity contribution >= 4 is 17.6 Å². The van der Waals surface area contributed by atoms with Gasteiger partial charge in [-0.05, 0) is 55.4 Å². The minimum Gasteiger partial charge on any atom is -0.481 e. The van der Waals surface area contributed by atoms with E-state index in [0.29, 0.717) is 6.42 Å². The number of hydrogen-bond acceptors (Lipinski definition) is 4. The normalized spacial score (nSPS) is 14.3. The molecule has 5 nitrogen and oxygen atoms in total. The summed E-state index contributed by atoms with van der Waals surface area (Å²) in [4.78, 5) is 28.3. The summed E-state index contributed by atoms with van der Waals surface area (Å²) >= 11 is 0. The summed E-state index contributed by atoms with van der Waals surface area (Å²) in [5, 5.41) is 12.5. The Balaban J connectivity index is 1.53. The van der Waals surface area contributed by atoms with Crippen molar-refractivity contribution in [1.82, 2.24) is 4.98 Å². The average Bonchev–Trinajstić information content (AvgIpc) is 2.75. The number of carbonyl (C=O) groups is 2. The fourth-order valence-electron chi connectivity index (χ4n) is 4.00. The Kier molecular flexibility index (Phi) is 7.88. The van der Waals surface area contributed by atoms with Crippen LogP contribution in [-0.2, 0) is 28.6 Å². The Morgan fingerprint density at radius 2 is 1.94 bits per heavy atom. The maximum atomic E-state index is 13.0. The fraction of sp³-hybridized carbons (Fsp3) is 0.458. The van der Waals surface area contributed by atoms with Crippen molar-refractivity contribution in [3.05, 3.63) is 58.8 Å². The van der Waals surface area contributed by atoms with E-state index in [4.69, 9.17) is 5.11 Å². The second-order valence-corrected chi connectivity index (χ2v) is 8.21. The number of anilines is 1. The number of Topliss-reactive ketones (excluding diaryl/α,β-unsaturated/α-hetero) is 1. The minimum atomic E-state index is -4.52. The van der Waals surface area contributed by atoms with Gasteiger partial charge in [0.25, 0.3) is 0 Å². The molecule has 0 saturated carbocycles. The van der Waals surface area contributed by atoms with E-state index < -0.39 is 23.6 Å². The van der Waals surface area contributed by atoms with E-state index >= 15 is 0 Å². The largest absolute Gasteiger partial charge is 0.481 e. The van der Waals surface area contributed by atoms with Gasteiger partial charge in [0.15, 0.2) is 0 Å². The molecule has 1 aromatic heterocycles. The number of nitrogens with one attached hydrogen (secondary N) is 1. The molecule has 1 aromatic carbocycles. The number of pyridine rings is 1. The monoisotopic (exact) mass is 448 g/mol. The number of hydrogen-bond donors (Lipinski definition) is 2. The number of benzene rings is 1. The first-order chi connectivity index (χ1) is 15.2. The maximum Gasteiger partial charge on any atom is 0.416 e. The Labute approximate surface area is 185 Å². The van der Waals surface area contributed by atoms with Crippen LogP contribution in [0.15, 0.2) is 36.4 Å². The quantitative estimate of drug-likeness (QED) is 0.477. The molecule has 8 heteroatoms. The highest BCUT2D eigenvalue weighted by Crippen LogP contribution is 2.33. The van der Waals surface area contributed by atoms with Crippen LogP contribution in [0.5, 0.6) is 0 Å². The van der Waals surface area contributed by atoms with E-state index in [9.17, 15) is 22.8 Å². The van der Waals surface area contributed by atoms with Crippen LogP contribution in [0.4, 0.5) is 19.0 Å². The number of nitrogens with zero attached hydrogens (tertiary/aromatic N) is 1. The molecular formula is C24H27F3N2O3. The zero-order valence-electron chi connectivity index (χ0n) is 17.8. The number of carboxylic acids is 1. The van der Waals surface area contributed by atoms with Crippen LogP contribution in [0, 0.1) is 0 Å². The van der Waals surface area contributed by atoms with Gasteiger partial charge in [-0.1, -0.05) is 24.3 Å². The lowest BCUT2D eigenvalue weighted by Crippen LogP contribution is -2.14. The van der Waals surface area contributed by atoms with Gasteiger partial charge in [-0.15, -0.1) is 0 Å². The Morgan fingerprint density at radius 3 is 2.69 bits per heavy atom. The van der Waals surface area contributed by atoms with Crippen molar-refractivity contribution in [2.24, 2.45) is 0 Å². The smallest absolute Gasteiger partial charge is 0.416 e. The van der Waals surface area contributed by atoms with Gasteiger partial charge in [-0.3, -0.25) is 9.59 Å². The fourth-order valence-corrected chi connectivity index (χ4v) is 4.00. The SMILES string of the molecule is O=C(O)CC(CC(=O)CCCCc1ccc2c(n1)NCCC2)c1cccc(C(F)(F)F)c1. The van der Waals surface area contributed by atoms with Crippen molar-refractivity contribution in [2.45, 2.75) is 63.5 Å². The molecule has 1 atom stereocenters. The topological polar surface area (TPSA) is 79.3 Å². The van der Waals surface area contributed by atoms with E-state index in [1.54, 1.807) is 0 Å². The van der Waals surface area contributed by atoms with Gasteiger partial charge < -0.3 is 10.4 Å². The first kappa shape index (κ1) is 23.8. The predicted octanol–water partition coefficient (Wildman–Crippen LogP) is 5.39. The van der Waals surface area contributed by atoms with Crippen LogP contribution in [0.1, 0.15) is 66.8 Å². The molecule has 2 N–H and O–H groups in total. The number of aromatic nitrogens is 1. The van der Waals surface area contributed by atoms with Crippen LogP contribution in [0.25, 0.3) is 0 Å². The molecule has 1 aliphatic heterocycles. The van der Waals surface area contributed by atoms with Crippen LogP contribution in [0.3, 0.4) is 0 Å². The molecule has 2 aromatic rings. The molecule has 0 saturated heterocycles. The highest BCUT2D eigenvalue weighted by molar-refractivity contribution is 5.80. The zero-order valence-corrected chi connectivity index (χ0v) is 17.8. The second-order valence-electron chi connectivity index (χ2n) is 8.21. The number of aryl methyl sites for hydroxylation is 2. The van der Waals surface area contributed by atoms with Crippen LogP contribution in [0.2, 0.25) is 0 Å². The lowest BCUT2D eigenvalue weighted by atomic mass is 9.88. The first-order valence-corrected chi connectivity index (χ1v) is 10.9. The van der Waals surface area contributed by atoms with Crippen LogP contribution in [-0.4, -0.2) is 28.4 Å². The van der Waals surface area contributed by atoms with E-state index in [1.807, 2.05) is 6.07 Å². The molecule has 1 aliphatic rings. The molecule has 0 spiro atoms. The van der Waals surface area contributed by atoms with E-state index in [-0.39, 0.29) is 30.6 Å². The lowest BCUT2D eigenvalue weighted by molar-refractivity contribution is -0.138. The Hall–Kier alpha value is -2.90. The summed E-state index contributed by atoms with van der Waals surface area (Å²) in [5.41, 5.74) is 1.55. The standard InChI is InChI=1S/C24H27F3N2O3/c25-24(26,27)19-7-3-5-17(13-19)18(15-22(31)32)14-21(30)9-2-1-8-20-11-10-16-6-4-12-28-23(16)29-20/h3,5,7,10-11,13,18H,1-2,4,6,8-9,12,14-15H2,(H,28,29)(H,31,32). The third-order valence-electron chi connectivity index (χ3n) is 5.67. The van der Waals surface area contributed by atoms with Gasteiger partial charge in [-0.2, -0.15) is 13.2 Å². The van der Waals surface area contributed by atoms with Gasteiger partial charge in [0.2, 0.25) is 0 Å². The summed E-state index contributed by atoms with van der Waals surface area (Å²) in [5.74, 6) is -1.14. The summed E-state index contributed by atoms with van der Waals surface area (Å²) in [6.45, 7) is 0.918. The molecule has 0 fully saturated rings. The number of fused-ring (bicyclic) bond motifs is 1. The molecule has 1 unspecified atom stereocenters. The molecule has 2 heterocycles. The number of unbranched alkanes of at least 4 members (excludes halogenated alkanes) is 1. The molecule has 0 bridgehead atoms. The van der Waals surface area contributed by atoms with Crippen LogP contribution < -0.4 is 5.32 Å². The number of carboxylic acid groups (broad SMARTS) is 1. The molecule has 32 heavy (non-hydrogen) atoms. The molecular weight excluding hydrogens is 421 g/mol. The van der Waals surface area contributed by atoms with Crippen LogP contribution >= 0.6 is 0 Å². The zero-order chi connectivity index (χ0) is 23.1. The number of alkyl halides is 3. The Morgan fingerprint density at radius 1 is 1.12 bits per heavy atom. The predicted molar refractivity (Wildman–Crippen MR) is 115 cm³/mol. The van der Waals surface area contributed by atoms with Crippen molar-refractivity contribution < 1.29 is 27.9 Å². The van der Waals surface area contributed by atoms with E-state index in [0.717, 1.165) is 55.9 Å².